The molecule has 0 aliphatic rings. The van der Waals surface area contributed by atoms with E-state index >= 15 is 0 Å². The van der Waals surface area contributed by atoms with Crippen LogP contribution in [-0.2, 0) is 11.3 Å². The smallest absolute Gasteiger partial charge is 0.397 e. The van der Waals surface area contributed by atoms with Gasteiger partial charge in [0.2, 0.25) is 5.91 Å². The zero-order chi connectivity index (χ0) is 15.3. The van der Waals surface area contributed by atoms with Crippen LogP contribution in [0.25, 0.3) is 0 Å². The molecule has 0 atom stereocenters. The molecule has 1 aromatic rings. The molecule has 0 aromatic heterocycles. The van der Waals surface area contributed by atoms with Gasteiger partial charge in [0.05, 0.1) is 0 Å². The number of amides is 1. The van der Waals surface area contributed by atoms with Crippen molar-refractivity contribution in [1.29, 1.82) is 0 Å². The second-order valence-corrected chi connectivity index (χ2v) is 4.23. The van der Waals surface area contributed by atoms with Gasteiger partial charge in [-0.1, -0.05) is 23.4 Å². The molecular formula is C12H14F3N3O2. The van der Waals surface area contributed by atoms with Crippen molar-refractivity contribution < 1.29 is 23.2 Å². The van der Waals surface area contributed by atoms with E-state index in [1.807, 2.05) is 0 Å². The summed E-state index contributed by atoms with van der Waals surface area (Å²) in [6, 6.07) is 6.35. The maximum Gasteiger partial charge on any atom is 0.397 e. The highest BCUT2D eigenvalue weighted by Crippen LogP contribution is 2.21. The number of rotatable bonds is 4. The lowest BCUT2D eigenvalue weighted by Crippen LogP contribution is -2.30. The minimum atomic E-state index is -4.53. The normalized spacial score (nSPS) is 12.3. The van der Waals surface area contributed by atoms with Crippen LogP contribution in [0.1, 0.15) is 17.5 Å². The lowest BCUT2D eigenvalue weighted by Gasteiger charge is -2.18. The van der Waals surface area contributed by atoms with E-state index in [4.69, 9.17) is 10.9 Å². The number of hydrogen-bond acceptors (Lipinski definition) is 3. The highest BCUT2D eigenvalue weighted by atomic mass is 19.4. The fourth-order valence-electron chi connectivity index (χ4n) is 1.56. The molecule has 1 amide bonds. The molecule has 110 valence electrons. The van der Waals surface area contributed by atoms with Gasteiger partial charge in [0.15, 0.2) is 5.84 Å². The third-order valence-corrected chi connectivity index (χ3v) is 2.53. The summed E-state index contributed by atoms with van der Waals surface area (Å²) >= 11 is 0. The number of oxime groups is 1. The number of halogens is 3. The van der Waals surface area contributed by atoms with E-state index in [1.54, 1.807) is 18.2 Å². The second kappa shape index (κ2) is 6.27. The Morgan fingerprint density at radius 1 is 1.45 bits per heavy atom. The lowest BCUT2D eigenvalue weighted by molar-refractivity contribution is -0.160. The van der Waals surface area contributed by atoms with Gasteiger partial charge in [0.25, 0.3) is 0 Å². The standard InChI is InChI=1S/C12H14F3N3O2/c1-18(10(19)6-12(13,14)15)7-8-3-2-4-9(5-8)11(16)17-20/h2-5,20H,6-7H2,1H3,(H2,16,17). The zero-order valence-electron chi connectivity index (χ0n) is 10.7. The number of carbonyl (C=O) groups is 1. The largest absolute Gasteiger partial charge is 0.409 e. The summed E-state index contributed by atoms with van der Waals surface area (Å²) in [6.45, 7) is 0.00145. The summed E-state index contributed by atoms with van der Waals surface area (Å²) in [5.41, 5.74) is 6.40. The van der Waals surface area contributed by atoms with E-state index in [9.17, 15) is 18.0 Å². The Balaban J connectivity index is 2.76. The minimum absolute atomic E-state index is 0.00145. The molecule has 1 rings (SSSR count). The average molecular weight is 289 g/mol. The highest BCUT2D eigenvalue weighted by Gasteiger charge is 2.32. The van der Waals surface area contributed by atoms with E-state index < -0.39 is 18.5 Å². The topological polar surface area (TPSA) is 78.9 Å². The van der Waals surface area contributed by atoms with Crippen molar-refractivity contribution in [3.05, 3.63) is 35.4 Å². The zero-order valence-corrected chi connectivity index (χ0v) is 10.7. The van der Waals surface area contributed by atoms with Gasteiger partial charge < -0.3 is 15.8 Å². The Morgan fingerprint density at radius 2 is 2.10 bits per heavy atom. The number of alkyl halides is 3. The Morgan fingerprint density at radius 3 is 2.65 bits per heavy atom. The minimum Gasteiger partial charge on any atom is -0.409 e. The molecule has 0 saturated carbocycles. The molecule has 0 bridgehead atoms. The highest BCUT2D eigenvalue weighted by molar-refractivity contribution is 5.97. The molecule has 20 heavy (non-hydrogen) atoms. The van der Waals surface area contributed by atoms with Gasteiger partial charge in [-0.05, 0) is 11.6 Å². The number of nitrogens with zero attached hydrogens (tertiary/aromatic N) is 2. The van der Waals surface area contributed by atoms with Crippen LogP contribution in [0.3, 0.4) is 0 Å². The maximum absolute atomic E-state index is 12.1. The van der Waals surface area contributed by atoms with Gasteiger partial charge >= 0.3 is 6.18 Å². The Kier molecular flexibility index (Phi) is 4.95. The molecule has 0 saturated heterocycles. The van der Waals surface area contributed by atoms with Gasteiger partial charge in [-0.15, -0.1) is 0 Å². The Hall–Kier alpha value is -2.25. The van der Waals surface area contributed by atoms with Crippen molar-refractivity contribution in [3.8, 4) is 0 Å². The van der Waals surface area contributed by atoms with Crippen molar-refractivity contribution in [2.75, 3.05) is 7.05 Å². The van der Waals surface area contributed by atoms with Crippen molar-refractivity contribution in [3.63, 3.8) is 0 Å². The molecule has 0 fully saturated rings. The van der Waals surface area contributed by atoms with Crippen LogP contribution in [0.5, 0.6) is 0 Å². The maximum atomic E-state index is 12.1. The predicted molar refractivity (Wildman–Crippen MR) is 66.1 cm³/mol. The van der Waals surface area contributed by atoms with Crippen molar-refractivity contribution >= 4 is 11.7 Å². The molecule has 0 radical (unpaired) electrons. The molecule has 0 aliphatic carbocycles. The number of carbonyl (C=O) groups excluding carboxylic acids is 1. The first-order valence-corrected chi connectivity index (χ1v) is 5.60. The van der Waals surface area contributed by atoms with Crippen LogP contribution < -0.4 is 5.73 Å². The van der Waals surface area contributed by atoms with E-state index in [0.717, 1.165) is 4.90 Å². The molecule has 0 heterocycles. The predicted octanol–water partition coefficient (Wildman–Crippen LogP) is 1.69. The fraction of sp³-hybridized carbons (Fsp3) is 0.333. The van der Waals surface area contributed by atoms with Crippen LogP contribution in [0, 0.1) is 0 Å². The Labute approximate surface area is 113 Å². The third kappa shape index (κ3) is 4.79. The lowest BCUT2D eigenvalue weighted by atomic mass is 10.1. The van der Waals surface area contributed by atoms with E-state index in [2.05, 4.69) is 5.16 Å². The SMILES string of the molecule is CN(Cc1cccc(C(N)=NO)c1)C(=O)CC(F)(F)F. The average Bonchev–Trinajstić information content (AvgIpc) is 2.36. The molecular weight excluding hydrogens is 275 g/mol. The van der Waals surface area contributed by atoms with E-state index in [1.165, 1.54) is 13.1 Å². The Bertz CT molecular complexity index is 515. The van der Waals surface area contributed by atoms with E-state index in [-0.39, 0.29) is 12.4 Å². The van der Waals surface area contributed by atoms with Crippen LogP contribution >= 0.6 is 0 Å². The van der Waals surface area contributed by atoms with Crippen molar-refractivity contribution in [1.82, 2.24) is 4.90 Å². The van der Waals surface area contributed by atoms with Crippen LogP contribution in [0.2, 0.25) is 0 Å². The van der Waals surface area contributed by atoms with Gasteiger partial charge in [-0.2, -0.15) is 13.2 Å². The van der Waals surface area contributed by atoms with Crippen molar-refractivity contribution in [2.45, 2.75) is 19.1 Å². The molecule has 1 aromatic carbocycles. The first-order chi connectivity index (χ1) is 9.23. The monoisotopic (exact) mass is 289 g/mol. The molecule has 8 heteroatoms. The van der Waals surface area contributed by atoms with E-state index in [0.29, 0.717) is 11.1 Å². The summed E-state index contributed by atoms with van der Waals surface area (Å²) in [6.07, 6.45) is -6.02. The summed E-state index contributed by atoms with van der Waals surface area (Å²) in [5.74, 6) is -1.14. The van der Waals surface area contributed by atoms with Gasteiger partial charge in [0.1, 0.15) is 6.42 Å². The first kappa shape index (κ1) is 15.8. The summed E-state index contributed by atoms with van der Waals surface area (Å²) in [7, 11) is 1.28. The molecule has 0 unspecified atom stereocenters. The summed E-state index contributed by atoms with van der Waals surface area (Å²) in [5, 5.41) is 11.4. The van der Waals surface area contributed by atoms with Crippen LogP contribution in [0.15, 0.2) is 29.4 Å². The van der Waals surface area contributed by atoms with Gasteiger partial charge in [-0.3, -0.25) is 4.79 Å². The quantitative estimate of drug-likeness (QED) is 0.383. The number of amidine groups is 1. The third-order valence-electron chi connectivity index (χ3n) is 2.53. The molecule has 3 N–H and O–H groups in total. The number of benzene rings is 1. The molecule has 5 nitrogen and oxygen atoms in total. The molecule has 0 spiro atoms. The number of nitrogens with two attached hydrogens (primary N) is 1. The van der Waals surface area contributed by atoms with Crippen molar-refractivity contribution in [2.24, 2.45) is 10.9 Å². The summed E-state index contributed by atoms with van der Waals surface area (Å²) in [4.78, 5) is 12.3. The molecule has 0 aliphatic heterocycles. The van der Waals surface area contributed by atoms with Crippen LogP contribution in [0.4, 0.5) is 13.2 Å². The van der Waals surface area contributed by atoms with Crippen LogP contribution in [-0.4, -0.2) is 35.1 Å². The first-order valence-electron chi connectivity index (χ1n) is 5.60. The second-order valence-electron chi connectivity index (χ2n) is 4.23. The summed E-state index contributed by atoms with van der Waals surface area (Å²) < 4.78 is 36.3. The van der Waals surface area contributed by atoms with Gasteiger partial charge in [-0.25, -0.2) is 0 Å². The number of hydrogen-bond donors (Lipinski definition) is 2. The fourth-order valence-corrected chi connectivity index (χ4v) is 1.56. The van der Waals surface area contributed by atoms with Gasteiger partial charge in [0, 0.05) is 19.2 Å².